The quantitative estimate of drug-likeness (QED) is 0.176. The smallest absolute Gasteiger partial charge is 0.337 e. The van der Waals surface area contributed by atoms with Gasteiger partial charge in [0, 0.05) is 16.9 Å². The largest absolute Gasteiger partial charge is 0.465 e. The molecule has 0 spiro atoms. The number of carbonyl (C=O) groups excluding carboxylic acids is 1. The van der Waals surface area contributed by atoms with Crippen LogP contribution >= 0.6 is 0 Å². The molecule has 0 unspecified atom stereocenters. The van der Waals surface area contributed by atoms with E-state index in [9.17, 15) is 13.6 Å². The van der Waals surface area contributed by atoms with E-state index in [1.807, 2.05) is 24.5 Å². The Kier molecular flexibility index (Phi) is 7.06. The molecular weight excluding hydrogens is 450 g/mol. The number of oxime groups is 1. The molecule has 0 aliphatic rings. The second kappa shape index (κ2) is 10.3. The Morgan fingerprint density at radius 2 is 1.51 bits per heavy atom. The summed E-state index contributed by atoms with van der Waals surface area (Å²) in [4.78, 5) is 17.1. The van der Waals surface area contributed by atoms with Gasteiger partial charge in [-0.15, -0.1) is 0 Å². The molecular formula is C28H24F2N2O3. The topological polar surface area (TPSA) is 52.8 Å². The molecule has 0 bridgehead atoms. The molecule has 1 aromatic heterocycles. The van der Waals surface area contributed by atoms with Gasteiger partial charge in [-0.3, -0.25) is 0 Å². The van der Waals surface area contributed by atoms with Crippen LogP contribution in [0.2, 0.25) is 0 Å². The predicted molar refractivity (Wildman–Crippen MR) is 131 cm³/mol. The number of carbonyl (C=O) groups is 1. The van der Waals surface area contributed by atoms with Crippen molar-refractivity contribution in [3.05, 3.63) is 113 Å². The number of rotatable bonds is 7. The molecule has 0 amide bonds. The van der Waals surface area contributed by atoms with Crippen LogP contribution in [0.5, 0.6) is 0 Å². The minimum absolute atomic E-state index is 0.224. The minimum Gasteiger partial charge on any atom is -0.465 e. The molecule has 4 rings (SSSR count). The van der Waals surface area contributed by atoms with Crippen LogP contribution in [0.4, 0.5) is 8.78 Å². The first-order valence-electron chi connectivity index (χ1n) is 11.0. The van der Waals surface area contributed by atoms with Crippen molar-refractivity contribution in [3.63, 3.8) is 0 Å². The molecule has 0 saturated heterocycles. The molecule has 0 aliphatic heterocycles. The van der Waals surface area contributed by atoms with Crippen LogP contribution in [0.25, 0.3) is 16.9 Å². The number of ether oxygens (including phenoxy) is 1. The zero-order valence-electron chi connectivity index (χ0n) is 19.6. The van der Waals surface area contributed by atoms with Gasteiger partial charge in [-0.2, -0.15) is 0 Å². The van der Waals surface area contributed by atoms with Crippen molar-refractivity contribution in [2.45, 2.75) is 20.5 Å². The van der Waals surface area contributed by atoms with Crippen LogP contribution in [0.1, 0.15) is 34.1 Å². The minimum atomic E-state index is -0.399. The van der Waals surface area contributed by atoms with Gasteiger partial charge in [0.2, 0.25) is 0 Å². The zero-order valence-corrected chi connectivity index (χ0v) is 19.6. The third-order valence-corrected chi connectivity index (χ3v) is 5.67. The van der Waals surface area contributed by atoms with E-state index in [4.69, 9.17) is 9.57 Å². The highest BCUT2D eigenvalue weighted by Crippen LogP contribution is 2.30. The van der Waals surface area contributed by atoms with Gasteiger partial charge in [-0.05, 0) is 91.7 Å². The van der Waals surface area contributed by atoms with Crippen LogP contribution < -0.4 is 0 Å². The highest BCUT2D eigenvalue weighted by molar-refractivity contribution is 6.01. The number of hydrogen-bond acceptors (Lipinski definition) is 4. The van der Waals surface area contributed by atoms with Crippen molar-refractivity contribution in [1.29, 1.82) is 0 Å². The summed E-state index contributed by atoms with van der Waals surface area (Å²) in [6.07, 6.45) is 0. The normalized spacial score (nSPS) is 11.4. The average Bonchev–Trinajstić information content (AvgIpc) is 3.22. The lowest BCUT2D eigenvalue weighted by molar-refractivity contribution is 0.0600. The van der Waals surface area contributed by atoms with E-state index >= 15 is 0 Å². The lowest BCUT2D eigenvalue weighted by Crippen LogP contribution is -2.03. The number of nitrogens with zero attached hydrogens (tertiary/aromatic N) is 2. The van der Waals surface area contributed by atoms with Crippen molar-refractivity contribution in [3.8, 4) is 16.9 Å². The van der Waals surface area contributed by atoms with Crippen molar-refractivity contribution in [2.24, 2.45) is 5.16 Å². The Labute approximate surface area is 202 Å². The van der Waals surface area contributed by atoms with Gasteiger partial charge in [0.15, 0.2) is 0 Å². The molecule has 4 aromatic rings. The molecule has 35 heavy (non-hydrogen) atoms. The van der Waals surface area contributed by atoms with E-state index in [0.29, 0.717) is 11.3 Å². The molecule has 0 atom stereocenters. The lowest BCUT2D eigenvalue weighted by atomic mass is 10.1. The van der Waals surface area contributed by atoms with Gasteiger partial charge in [-0.1, -0.05) is 17.3 Å². The van der Waals surface area contributed by atoms with Gasteiger partial charge in [0.1, 0.15) is 18.2 Å². The summed E-state index contributed by atoms with van der Waals surface area (Å²) < 4.78 is 33.8. The van der Waals surface area contributed by atoms with Crippen LogP contribution in [-0.2, 0) is 16.2 Å². The fourth-order valence-electron chi connectivity index (χ4n) is 3.84. The first-order valence-corrected chi connectivity index (χ1v) is 11.0. The molecule has 3 aromatic carbocycles. The van der Waals surface area contributed by atoms with E-state index in [1.54, 1.807) is 48.5 Å². The Hall–Kier alpha value is -4.26. The molecule has 0 N–H and O–H groups in total. The van der Waals surface area contributed by atoms with E-state index in [-0.39, 0.29) is 18.2 Å². The summed E-state index contributed by atoms with van der Waals surface area (Å²) in [5.74, 6) is -1.05. The molecule has 7 heteroatoms. The average molecular weight is 475 g/mol. The van der Waals surface area contributed by atoms with Crippen molar-refractivity contribution < 1.29 is 23.1 Å². The Morgan fingerprint density at radius 3 is 2.11 bits per heavy atom. The van der Waals surface area contributed by atoms with Crippen molar-refractivity contribution in [1.82, 2.24) is 4.57 Å². The van der Waals surface area contributed by atoms with Crippen LogP contribution in [-0.4, -0.2) is 23.4 Å². The number of benzene rings is 3. The van der Waals surface area contributed by atoms with Crippen molar-refractivity contribution >= 4 is 11.7 Å². The van der Waals surface area contributed by atoms with E-state index in [1.165, 1.54) is 31.4 Å². The number of hydrogen-bond donors (Lipinski definition) is 0. The van der Waals surface area contributed by atoms with Crippen molar-refractivity contribution in [2.75, 3.05) is 7.11 Å². The second-order valence-electron chi connectivity index (χ2n) is 7.99. The van der Waals surface area contributed by atoms with Crippen LogP contribution in [0.15, 0.2) is 84.0 Å². The number of methoxy groups -OCH3 is 1. The maximum atomic E-state index is 13.6. The van der Waals surface area contributed by atoms with Crippen LogP contribution in [0, 0.1) is 18.6 Å². The number of halogens is 2. The summed E-state index contributed by atoms with van der Waals surface area (Å²) in [6.45, 7) is 4.00. The third-order valence-electron chi connectivity index (χ3n) is 5.67. The standard InChI is InChI=1S/C28H24F2N2O3/c1-18(31-35-17-20-4-6-22(7-5-20)28(33)34-3)26-16-27(21-8-10-23(29)11-9-21)32(19(26)2)25-14-12-24(30)13-15-25/h4-16H,17H2,1-3H3. The van der Waals surface area contributed by atoms with Gasteiger partial charge in [0.25, 0.3) is 0 Å². The molecule has 5 nitrogen and oxygen atoms in total. The van der Waals surface area contributed by atoms with Gasteiger partial charge in [0.05, 0.1) is 24.1 Å². The van der Waals surface area contributed by atoms with E-state index in [0.717, 1.165) is 33.8 Å². The Balaban J connectivity index is 1.62. The molecule has 0 fully saturated rings. The summed E-state index contributed by atoms with van der Waals surface area (Å²) in [5, 5.41) is 4.29. The summed E-state index contributed by atoms with van der Waals surface area (Å²) >= 11 is 0. The fourth-order valence-corrected chi connectivity index (χ4v) is 3.84. The van der Waals surface area contributed by atoms with Crippen LogP contribution in [0.3, 0.4) is 0 Å². The Morgan fingerprint density at radius 1 is 0.914 bits per heavy atom. The summed E-state index contributed by atoms with van der Waals surface area (Å²) in [6, 6.07) is 21.3. The second-order valence-corrected chi connectivity index (χ2v) is 7.99. The SMILES string of the molecule is COC(=O)c1ccc(CON=C(C)c2cc(-c3ccc(F)cc3)n(-c3ccc(F)cc3)c2C)cc1. The first kappa shape index (κ1) is 23.9. The molecule has 0 saturated carbocycles. The van der Waals surface area contributed by atoms with E-state index in [2.05, 4.69) is 5.16 Å². The lowest BCUT2D eigenvalue weighted by Gasteiger charge is -2.12. The molecule has 178 valence electrons. The summed E-state index contributed by atoms with van der Waals surface area (Å²) in [5.41, 5.74) is 6.08. The van der Waals surface area contributed by atoms with Gasteiger partial charge in [-0.25, -0.2) is 13.6 Å². The predicted octanol–water partition coefficient (Wildman–Crippen LogP) is 6.46. The monoisotopic (exact) mass is 474 g/mol. The highest BCUT2D eigenvalue weighted by Gasteiger charge is 2.17. The maximum absolute atomic E-state index is 13.6. The maximum Gasteiger partial charge on any atom is 0.337 e. The molecule has 1 heterocycles. The van der Waals surface area contributed by atoms with Gasteiger partial charge >= 0.3 is 5.97 Å². The number of aromatic nitrogens is 1. The molecule has 0 aliphatic carbocycles. The molecule has 0 radical (unpaired) electrons. The highest BCUT2D eigenvalue weighted by atomic mass is 19.1. The third kappa shape index (κ3) is 5.30. The van der Waals surface area contributed by atoms with E-state index < -0.39 is 5.97 Å². The van der Waals surface area contributed by atoms with Gasteiger partial charge < -0.3 is 14.1 Å². The number of esters is 1. The zero-order chi connectivity index (χ0) is 24.9. The fraction of sp³-hybridized carbons (Fsp3) is 0.143. The summed E-state index contributed by atoms with van der Waals surface area (Å²) in [7, 11) is 1.34. The first-order chi connectivity index (χ1) is 16.9. The Bertz CT molecular complexity index is 1360.